The van der Waals surface area contributed by atoms with E-state index in [0.717, 1.165) is 152 Å². The molecule has 0 unspecified atom stereocenters. The Morgan fingerprint density at radius 2 is 0.740 bits per heavy atom. The first-order chi connectivity index (χ1) is 62.0. The topological polar surface area (TPSA) is 269 Å². The number of anilines is 2. The van der Waals surface area contributed by atoms with Crippen molar-refractivity contribution >= 4 is 50.8 Å². The van der Waals surface area contributed by atoms with Crippen molar-refractivity contribution in [1.29, 1.82) is 0 Å². The molecule has 28 nitrogen and oxygen atoms in total. The third kappa shape index (κ3) is 20.2. The summed E-state index contributed by atoms with van der Waals surface area (Å²) < 4.78 is 31.9. The van der Waals surface area contributed by atoms with Crippen LogP contribution in [0.4, 0.5) is 11.4 Å². The van der Waals surface area contributed by atoms with Gasteiger partial charge in [-0.25, -0.2) is 29.9 Å². The Kier molecular flexibility index (Phi) is 27.0. The Morgan fingerprint density at radius 3 is 1.18 bits per heavy atom. The fraction of sp³-hybridized carbons (Fsp3) is 0.394. The number of hydrogen-bond acceptors (Lipinski definition) is 22. The Labute approximate surface area is 737 Å². The number of nitrogens with zero attached hydrogens (tertiary/aromatic N) is 18. The van der Waals surface area contributed by atoms with Gasteiger partial charge in [-0.1, -0.05) is 18.6 Å². The number of aliphatic hydroxyl groups is 2. The lowest BCUT2D eigenvalue weighted by molar-refractivity contribution is 0.164. The zero-order chi connectivity index (χ0) is 87.6. The molecular weight excluding hydrogens is 1600 g/mol. The van der Waals surface area contributed by atoms with Crippen molar-refractivity contribution in [1.82, 2.24) is 75.9 Å². The van der Waals surface area contributed by atoms with Gasteiger partial charge in [0.1, 0.15) is 33.9 Å². The number of fused-ring (bicyclic) bond motifs is 6. The number of aromatic nitrogens is 12. The predicted molar refractivity (Wildman–Crippen MR) is 498 cm³/mol. The third-order valence-electron chi connectivity index (χ3n) is 25.9. The molecule has 5 saturated heterocycles. The predicted octanol–water partition coefficient (Wildman–Crippen LogP) is 12.7. The number of likely N-dealkylation sites (tertiary alicyclic amines) is 3. The number of pyridine rings is 6. The molecule has 5 fully saturated rings. The minimum atomic E-state index is -0.0999. The molecule has 20 rings (SSSR count). The third-order valence-corrected chi connectivity index (χ3v) is 25.9. The molecule has 2 N–H and O–H groups in total. The highest BCUT2D eigenvalue weighted by Crippen LogP contribution is 2.36. The van der Waals surface area contributed by atoms with Crippen LogP contribution in [-0.2, 0) is 0 Å². The monoisotopic (exact) mass is 1710 g/mol. The van der Waals surface area contributed by atoms with Crippen LogP contribution >= 0.6 is 0 Å². The molecule has 0 atom stereocenters. The molecule has 6 aliphatic rings. The molecule has 2 aromatic carbocycles. The number of rotatable bonds is 20. The number of hydrogen-bond donors (Lipinski definition) is 2. The molecular formula is C99H114N18O10. The van der Waals surface area contributed by atoms with Crippen molar-refractivity contribution in [2.45, 2.75) is 96.8 Å². The number of imidazole rings is 2. The van der Waals surface area contributed by atoms with Crippen LogP contribution in [0.3, 0.4) is 0 Å². The Hall–Kier alpha value is -12.4. The van der Waals surface area contributed by atoms with E-state index < -0.39 is 0 Å². The van der Waals surface area contributed by atoms with Gasteiger partial charge in [-0.05, 0) is 261 Å². The van der Waals surface area contributed by atoms with E-state index >= 15 is 0 Å². The van der Waals surface area contributed by atoms with Crippen LogP contribution in [0.2, 0.25) is 0 Å². The van der Waals surface area contributed by atoms with E-state index in [0.29, 0.717) is 80.8 Å². The van der Waals surface area contributed by atoms with Gasteiger partial charge >= 0.3 is 0 Å². The Morgan fingerprint density at radius 1 is 0.346 bits per heavy atom. The van der Waals surface area contributed by atoms with Gasteiger partial charge in [-0.3, -0.25) is 41.7 Å². The zero-order valence-corrected chi connectivity index (χ0v) is 73.6. The standard InChI is InChI=1S/C27H34N4O3.C26H32N4O3.C23H25N5O2.C23H23N5O2/c1-33-24-8-6-21(16-25(24)34-2)23-17-27(32)31-19-22(7-9-26(31)28-23)30-14-10-20(11-15-30)18-29-12-4-3-5-13-29;1-32-23-7-5-20(15-24(23)33-2)22-16-26(31)30-18-21(6-8-25(30)27-22)29-13-9-19(10-14-29)17-28-11-3-4-12-28;2*1-16-13-27-14-19(3-4-21(27)24-16)20-12-23(30)28-15-18(2-5-22(28)25-20)17-6-8-26(9-7-17)10-11-29/h6-9,16-17,19-20H,3-5,10-15,18H2,1-2H3;5-8,15-16,18-19H,3-4,9-14,17H2,1-2H3;2-5,12-15,17,29H,6-11H2,1H3;2-6,12-15,29H,7-11H2,1H3. The summed E-state index contributed by atoms with van der Waals surface area (Å²) in [4.78, 5) is 94.1. The normalized spacial score (nSPS) is 16.6. The van der Waals surface area contributed by atoms with Crippen LogP contribution in [0.1, 0.15) is 105 Å². The summed E-state index contributed by atoms with van der Waals surface area (Å²) in [5.74, 6) is 4.52. The van der Waals surface area contributed by atoms with Gasteiger partial charge in [-0.2, -0.15) is 0 Å². The molecule has 0 bridgehead atoms. The smallest absolute Gasteiger partial charge is 0.258 e. The zero-order valence-electron chi connectivity index (χ0n) is 73.6. The summed E-state index contributed by atoms with van der Waals surface area (Å²) in [6, 6.07) is 41.3. The summed E-state index contributed by atoms with van der Waals surface area (Å²) in [6.07, 6.45) is 32.3. The lowest BCUT2D eigenvalue weighted by Crippen LogP contribution is -2.40. The molecule has 0 radical (unpaired) electrons. The Balaban J connectivity index is 0.000000119. The van der Waals surface area contributed by atoms with Crippen molar-refractivity contribution in [3.05, 3.63) is 253 Å². The van der Waals surface area contributed by atoms with Gasteiger partial charge in [0.15, 0.2) is 23.0 Å². The van der Waals surface area contributed by atoms with Gasteiger partial charge in [-0.15, -0.1) is 0 Å². The number of methoxy groups -OCH3 is 4. The van der Waals surface area contributed by atoms with Crippen molar-refractivity contribution in [3.63, 3.8) is 0 Å². The van der Waals surface area contributed by atoms with E-state index in [2.05, 4.69) is 63.6 Å². The van der Waals surface area contributed by atoms with E-state index in [1.165, 1.54) is 108 Å². The second kappa shape index (κ2) is 39.6. The lowest BCUT2D eigenvalue weighted by atomic mass is 9.90. The second-order valence-electron chi connectivity index (χ2n) is 34.3. The minimum absolute atomic E-state index is 0.0727. The first-order valence-corrected chi connectivity index (χ1v) is 44.8. The van der Waals surface area contributed by atoms with Crippen molar-refractivity contribution in [2.24, 2.45) is 11.8 Å². The number of ether oxygens (including phenoxy) is 4. The average Bonchev–Trinajstić information content (AvgIpc) is 1.39. The van der Waals surface area contributed by atoms with Crippen molar-refractivity contribution in [3.8, 4) is 68.0 Å². The number of benzene rings is 2. The van der Waals surface area contributed by atoms with Gasteiger partial charge in [0.2, 0.25) is 0 Å². The average molecular weight is 1720 g/mol. The van der Waals surface area contributed by atoms with E-state index in [-0.39, 0.29) is 35.5 Å². The van der Waals surface area contributed by atoms with Crippen LogP contribution in [0, 0.1) is 25.7 Å². The molecule has 14 aromatic rings. The first kappa shape index (κ1) is 86.7. The molecule has 0 spiro atoms. The highest BCUT2D eigenvalue weighted by Gasteiger charge is 2.28. The van der Waals surface area contributed by atoms with E-state index in [1.54, 1.807) is 70.3 Å². The van der Waals surface area contributed by atoms with Crippen LogP contribution in [0.25, 0.3) is 84.5 Å². The maximum Gasteiger partial charge on any atom is 0.258 e. The first-order valence-electron chi connectivity index (χ1n) is 44.8. The second-order valence-corrected chi connectivity index (χ2v) is 34.3. The molecule has 127 heavy (non-hydrogen) atoms. The quantitative estimate of drug-likeness (QED) is 0.0718. The van der Waals surface area contributed by atoms with Gasteiger partial charge in [0.05, 0.1) is 87.2 Å². The molecule has 0 saturated carbocycles. The fourth-order valence-electron chi connectivity index (χ4n) is 18.9. The molecule has 0 aliphatic carbocycles. The number of piperidine rings is 4. The highest BCUT2D eigenvalue weighted by molar-refractivity contribution is 5.71. The van der Waals surface area contributed by atoms with Gasteiger partial charge < -0.3 is 62.5 Å². The van der Waals surface area contributed by atoms with Crippen LogP contribution in [-0.4, -0.2) is 232 Å². The molecule has 18 heterocycles. The molecule has 660 valence electrons. The molecule has 28 heteroatoms. The molecule has 6 aliphatic heterocycles. The summed E-state index contributed by atoms with van der Waals surface area (Å²) in [5.41, 5.74) is 17.4. The SMILES string of the molecule is COc1ccc(-c2cc(=O)n3cc(N4CCC(CN5CCCC5)CC4)ccc3n2)cc1OC.COc1ccc(-c2cc(=O)n3cc(N4CCC(CN5CCCCC5)CC4)ccc3n2)cc1OC.Cc1cn2cc(-c3cc(=O)n4cc(C5=CCN(CCO)CC5)ccc4n3)ccc2n1.Cc1cn2cc(-c3cc(=O)n4cc(C5CCN(CCO)CC5)ccc4n3)ccc2n1. The van der Waals surface area contributed by atoms with Crippen molar-refractivity contribution in [2.75, 3.05) is 156 Å². The summed E-state index contributed by atoms with van der Waals surface area (Å²) in [7, 11) is 6.40. The highest BCUT2D eigenvalue weighted by atomic mass is 16.5. The maximum atomic E-state index is 13.0. The van der Waals surface area contributed by atoms with Crippen LogP contribution in [0.15, 0.2) is 208 Å². The fourth-order valence-corrected chi connectivity index (χ4v) is 18.9. The molecule has 0 amide bonds. The molecule has 12 aromatic heterocycles. The van der Waals surface area contributed by atoms with Gasteiger partial charge in [0.25, 0.3) is 22.2 Å². The summed E-state index contributed by atoms with van der Waals surface area (Å²) >= 11 is 0. The van der Waals surface area contributed by atoms with E-state index in [1.807, 2.05) is 163 Å². The van der Waals surface area contributed by atoms with Gasteiger partial charge in [0, 0.05) is 162 Å². The largest absolute Gasteiger partial charge is 0.493 e. The number of β-amino-alcohol motifs (C(OH)–C–C–N with tert-alkyl or cyclic N) is 2. The Bertz CT molecular complexity index is 6540. The van der Waals surface area contributed by atoms with Crippen LogP contribution < -0.4 is 51.0 Å². The summed E-state index contributed by atoms with van der Waals surface area (Å²) in [5, 5.41) is 18.2. The minimum Gasteiger partial charge on any atom is -0.493 e. The number of aliphatic hydroxyl groups excluding tert-OH is 2. The van der Waals surface area contributed by atoms with E-state index in [4.69, 9.17) is 49.1 Å². The van der Waals surface area contributed by atoms with E-state index in [9.17, 15) is 19.2 Å². The maximum absolute atomic E-state index is 13.0. The van der Waals surface area contributed by atoms with Crippen molar-refractivity contribution < 1.29 is 29.2 Å². The lowest BCUT2D eigenvalue weighted by Gasteiger charge is -2.37. The summed E-state index contributed by atoms with van der Waals surface area (Å²) in [6.45, 7) is 21.1. The van der Waals surface area contributed by atoms with Crippen LogP contribution in [0.5, 0.6) is 23.0 Å². The number of aryl methyl sites for hydroxylation is 2.